The molecule has 0 spiro atoms. The van der Waals surface area contributed by atoms with Gasteiger partial charge in [-0.25, -0.2) is 9.37 Å². The van der Waals surface area contributed by atoms with E-state index in [1.807, 2.05) is 9.80 Å². The molecule has 176 valence electrons. The van der Waals surface area contributed by atoms with Gasteiger partial charge in [0, 0.05) is 43.6 Å². The highest BCUT2D eigenvalue weighted by Gasteiger charge is 2.33. The van der Waals surface area contributed by atoms with E-state index < -0.39 is 22.9 Å². The van der Waals surface area contributed by atoms with Crippen molar-refractivity contribution in [2.24, 2.45) is 11.7 Å². The minimum atomic E-state index is -1.32. The Morgan fingerprint density at radius 2 is 1.79 bits per heavy atom. The summed E-state index contributed by atoms with van der Waals surface area (Å²) in [4.78, 5) is 30.7. The molecule has 10 nitrogen and oxygen atoms in total. The van der Waals surface area contributed by atoms with Gasteiger partial charge >= 0.3 is 5.69 Å². The summed E-state index contributed by atoms with van der Waals surface area (Å²) in [5, 5.41) is 24.2. The number of piperidine rings is 2. The summed E-state index contributed by atoms with van der Waals surface area (Å²) in [5.41, 5.74) is 6.50. The molecule has 2 aliphatic rings. The van der Waals surface area contributed by atoms with Gasteiger partial charge in [-0.15, -0.1) is 0 Å². The summed E-state index contributed by atoms with van der Waals surface area (Å²) < 4.78 is 14.3. The fourth-order valence-electron chi connectivity index (χ4n) is 4.30. The van der Waals surface area contributed by atoms with Gasteiger partial charge in [-0.2, -0.15) is 0 Å². The molecule has 33 heavy (non-hydrogen) atoms. The third kappa shape index (κ3) is 5.14. The number of halogens is 1. The molecule has 1 amide bonds. The van der Waals surface area contributed by atoms with Crippen molar-refractivity contribution in [2.45, 2.75) is 31.5 Å². The Morgan fingerprint density at radius 3 is 2.39 bits per heavy atom. The maximum atomic E-state index is 14.3. The number of nitrogens with zero attached hydrogens (tertiary/aromatic N) is 4. The highest BCUT2D eigenvalue weighted by molar-refractivity contribution is 5.78. The number of nitrogens with two attached hydrogens (primary N) is 1. The maximum absolute atomic E-state index is 14.3. The van der Waals surface area contributed by atoms with E-state index in [1.165, 1.54) is 6.07 Å². The smallest absolute Gasteiger partial charge is 0.311 e. The molecule has 2 aromatic rings. The minimum Gasteiger partial charge on any atom is -0.393 e. The number of amides is 1. The zero-order chi connectivity index (χ0) is 23.5. The third-order valence-corrected chi connectivity index (χ3v) is 6.25. The zero-order valence-electron chi connectivity index (χ0n) is 18.1. The van der Waals surface area contributed by atoms with Crippen molar-refractivity contribution in [3.05, 3.63) is 46.5 Å². The molecule has 2 unspecified atom stereocenters. The molecule has 0 saturated carbocycles. The summed E-state index contributed by atoms with van der Waals surface area (Å²) in [6.07, 6.45) is -0.0461. The van der Waals surface area contributed by atoms with Crippen LogP contribution in [0.15, 0.2) is 36.4 Å². The van der Waals surface area contributed by atoms with Crippen LogP contribution in [0.2, 0.25) is 0 Å². The van der Waals surface area contributed by atoms with E-state index in [0.717, 1.165) is 5.69 Å². The highest BCUT2D eigenvalue weighted by Crippen LogP contribution is 2.31. The largest absolute Gasteiger partial charge is 0.393 e. The molecule has 2 saturated heterocycles. The van der Waals surface area contributed by atoms with E-state index in [-0.39, 0.29) is 24.2 Å². The van der Waals surface area contributed by atoms with Crippen molar-refractivity contribution in [3.63, 3.8) is 0 Å². The lowest BCUT2D eigenvalue weighted by Crippen LogP contribution is -2.46. The number of aliphatic hydroxyl groups is 1. The van der Waals surface area contributed by atoms with Crippen LogP contribution in [-0.4, -0.2) is 59.4 Å². The van der Waals surface area contributed by atoms with Gasteiger partial charge in [-0.1, -0.05) is 0 Å². The van der Waals surface area contributed by atoms with Crippen molar-refractivity contribution in [3.8, 4) is 0 Å². The molecule has 4 rings (SSSR count). The number of aliphatic hydroxyl groups excluding tert-OH is 1. The summed E-state index contributed by atoms with van der Waals surface area (Å²) in [6.45, 7) is 1.85. The van der Waals surface area contributed by atoms with Gasteiger partial charge in [0.1, 0.15) is 12.0 Å². The number of nitrogens with one attached hydrogen (secondary N) is 1. The number of carbonyl (C=O) groups is 1. The monoisotopic (exact) mass is 458 g/mol. The lowest BCUT2D eigenvalue weighted by atomic mass is 9.94. The molecule has 2 aliphatic heterocycles. The van der Waals surface area contributed by atoms with Crippen molar-refractivity contribution in [2.75, 3.05) is 41.3 Å². The summed E-state index contributed by atoms with van der Waals surface area (Å²) in [7, 11) is 0. The average molecular weight is 458 g/mol. The van der Waals surface area contributed by atoms with Crippen molar-refractivity contribution in [1.82, 2.24) is 4.98 Å². The summed E-state index contributed by atoms with van der Waals surface area (Å²) in [6, 6.07) is 10.1. The van der Waals surface area contributed by atoms with Crippen molar-refractivity contribution < 1.29 is 19.2 Å². The van der Waals surface area contributed by atoms with Gasteiger partial charge in [-0.05, 0) is 49.6 Å². The van der Waals surface area contributed by atoms with Crippen LogP contribution in [-0.2, 0) is 4.79 Å². The molecule has 11 heteroatoms. The predicted molar refractivity (Wildman–Crippen MR) is 122 cm³/mol. The lowest BCUT2D eigenvalue weighted by molar-refractivity contribution is -0.384. The van der Waals surface area contributed by atoms with Crippen LogP contribution in [0, 0.1) is 16.0 Å². The number of primary amides is 1. The number of hydrogen-bond donors (Lipinski definition) is 3. The first-order valence-corrected chi connectivity index (χ1v) is 11.0. The fourth-order valence-corrected chi connectivity index (χ4v) is 4.30. The van der Waals surface area contributed by atoms with Gasteiger partial charge in [0.05, 0.1) is 16.9 Å². The molecule has 4 N–H and O–H groups in total. The van der Waals surface area contributed by atoms with E-state index >= 15 is 0 Å². The minimum absolute atomic E-state index is 0.0833. The Kier molecular flexibility index (Phi) is 6.59. The number of carbonyl (C=O) groups excluding carboxylic acids is 1. The molecule has 0 radical (unpaired) electrons. The SMILES string of the molecule is NC(=O)C1CCN(c2ccc(Nc3nc(N4CCC(O)CC4)ccc3[N+](=O)[O-])cc2)CC1F. The molecule has 1 aromatic carbocycles. The van der Waals surface area contributed by atoms with E-state index in [1.54, 1.807) is 30.3 Å². The van der Waals surface area contributed by atoms with E-state index in [2.05, 4.69) is 10.3 Å². The first-order valence-electron chi connectivity index (χ1n) is 11.0. The molecule has 2 atom stereocenters. The van der Waals surface area contributed by atoms with Crippen LogP contribution in [0.4, 0.5) is 33.1 Å². The number of aromatic nitrogens is 1. The fraction of sp³-hybridized carbons (Fsp3) is 0.455. The topological polar surface area (TPSA) is 138 Å². The molecular weight excluding hydrogens is 431 g/mol. The molecule has 1 aromatic heterocycles. The second-order valence-corrected chi connectivity index (χ2v) is 8.44. The lowest BCUT2D eigenvalue weighted by Gasteiger charge is -2.34. The molecule has 3 heterocycles. The number of anilines is 4. The van der Waals surface area contributed by atoms with E-state index in [0.29, 0.717) is 50.4 Å². The molecule has 0 bridgehead atoms. The molecule has 0 aliphatic carbocycles. The van der Waals surface area contributed by atoms with Crippen LogP contribution in [0.3, 0.4) is 0 Å². The Morgan fingerprint density at radius 1 is 1.12 bits per heavy atom. The number of pyridine rings is 1. The number of hydrogen-bond acceptors (Lipinski definition) is 8. The normalized spacial score (nSPS) is 21.6. The standard InChI is InChI=1S/C22H27FN6O4/c23-18-13-28(12-9-17(18)21(24)31)15-3-1-14(2-4-15)25-22-19(29(32)33)5-6-20(26-22)27-10-7-16(30)8-11-27/h1-6,16-18,30H,7-13H2,(H2,24,31)(H,25,26). The number of benzene rings is 1. The van der Waals surface area contributed by atoms with Crippen LogP contribution >= 0.6 is 0 Å². The van der Waals surface area contributed by atoms with E-state index in [4.69, 9.17) is 5.73 Å². The number of alkyl halides is 1. The van der Waals surface area contributed by atoms with Crippen molar-refractivity contribution in [1.29, 1.82) is 0 Å². The second kappa shape index (κ2) is 9.57. The summed E-state index contributed by atoms with van der Waals surface area (Å²) in [5.74, 6) is -0.636. The molecule has 2 fully saturated rings. The van der Waals surface area contributed by atoms with Crippen LogP contribution < -0.4 is 20.9 Å². The second-order valence-electron chi connectivity index (χ2n) is 8.44. The van der Waals surface area contributed by atoms with Gasteiger partial charge < -0.3 is 26.0 Å². The first-order chi connectivity index (χ1) is 15.8. The zero-order valence-corrected chi connectivity index (χ0v) is 18.1. The van der Waals surface area contributed by atoms with Gasteiger partial charge in [0.15, 0.2) is 0 Å². The van der Waals surface area contributed by atoms with Crippen LogP contribution in [0.5, 0.6) is 0 Å². The third-order valence-electron chi connectivity index (χ3n) is 6.25. The van der Waals surface area contributed by atoms with Crippen molar-refractivity contribution >= 4 is 34.6 Å². The quantitative estimate of drug-likeness (QED) is 0.443. The van der Waals surface area contributed by atoms with Gasteiger partial charge in [-0.3, -0.25) is 14.9 Å². The summed E-state index contributed by atoms with van der Waals surface area (Å²) >= 11 is 0. The predicted octanol–water partition coefficient (Wildman–Crippen LogP) is 2.34. The Bertz CT molecular complexity index is 1010. The first kappa shape index (κ1) is 22.7. The highest BCUT2D eigenvalue weighted by atomic mass is 19.1. The van der Waals surface area contributed by atoms with E-state index in [9.17, 15) is 24.4 Å². The number of rotatable bonds is 6. The number of nitro groups is 1. The van der Waals surface area contributed by atoms with Crippen LogP contribution in [0.25, 0.3) is 0 Å². The van der Waals surface area contributed by atoms with Gasteiger partial charge in [0.25, 0.3) is 0 Å². The van der Waals surface area contributed by atoms with Gasteiger partial charge in [0.2, 0.25) is 11.7 Å². The average Bonchev–Trinajstić information content (AvgIpc) is 2.79. The Hall–Kier alpha value is -3.47. The Labute approximate surface area is 190 Å². The maximum Gasteiger partial charge on any atom is 0.311 e. The Balaban J connectivity index is 1.48. The molecular formula is C22H27FN6O4. The van der Waals surface area contributed by atoms with Crippen LogP contribution in [0.1, 0.15) is 19.3 Å².